The van der Waals surface area contributed by atoms with Gasteiger partial charge in [-0.05, 0) is 47.5 Å². The van der Waals surface area contributed by atoms with Crippen LogP contribution in [-0.4, -0.2) is 19.9 Å². The first-order valence-electron chi connectivity index (χ1n) is 11.8. The molecule has 4 nitrogen and oxygen atoms in total. The summed E-state index contributed by atoms with van der Waals surface area (Å²) in [5, 5.41) is 0. The van der Waals surface area contributed by atoms with Crippen LogP contribution in [0.5, 0.6) is 0 Å². The Morgan fingerprint density at radius 2 is 0.833 bits per heavy atom. The van der Waals surface area contributed by atoms with E-state index in [0.717, 1.165) is 56.3 Å². The fraction of sp³-hybridized carbons (Fsp3) is 0. The van der Waals surface area contributed by atoms with Gasteiger partial charge in [-0.15, -0.1) is 0 Å². The summed E-state index contributed by atoms with van der Waals surface area (Å²) < 4.78 is 0. The second-order valence-corrected chi connectivity index (χ2v) is 8.43. The van der Waals surface area contributed by atoms with Crippen LogP contribution in [0.15, 0.2) is 134 Å². The Morgan fingerprint density at radius 3 is 1.42 bits per heavy atom. The zero-order valence-corrected chi connectivity index (χ0v) is 19.5. The number of pyridine rings is 4. The van der Waals surface area contributed by atoms with E-state index in [2.05, 4.69) is 58.5 Å². The molecular weight excluding hydrogens is 440 g/mol. The fourth-order valence-electron chi connectivity index (χ4n) is 4.15. The van der Waals surface area contributed by atoms with Crippen molar-refractivity contribution in [1.82, 2.24) is 19.9 Å². The first-order valence-corrected chi connectivity index (χ1v) is 11.8. The Morgan fingerprint density at radius 1 is 0.306 bits per heavy atom. The Kier molecular flexibility index (Phi) is 5.83. The van der Waals surface area contributed by atoms with Gasteiger partial charge in [0.2, 0.25) is 0 Å². The van der Waals surface area contributed by atoms with E-state index in [0.29, 0.717) is 0 Å². The standard InChI is InChI=1S/C32H22N4/c1-2-7-25(8-3-1)28-10-6-11-32(36-28)31-19-17-27(22-35-31)24-14-12-23(13-15-24)26-16-18-30(34-21-26)29-9-4-5-20-33-29/h1-22H. The first kappa shape index (κ1) is 21.6. The lowest BCUT2D eigenvalue weighted by atomic mass is 10.0. The summed E-state index contributed by atoms with van der Waals surface area (Å²) in [5.41, 5.74) is 9.85. The largest absolute Gasteiger partial charge is 0.255 e. The third-order valence-electron chi connectivity index (χ3n) is 6.09. The Hall–Kier alpha value is -4.96. The van der Waals surface area contributed by atoms with Crippen LogP contribution in [0.4, 0.5) is 0 Å². The van der Waals surface area contributed by atoms with E-state index in [1.165, 1.54) is 0 Å². The molecule has 0 spiro atoms. The number of aromatic nitrogens is 4. The number of hydrogen-bond donors (Lipinski definition) is 0. The van der Waals surface area contributed by atoms with E-state index in [1.54, 1.807) is 6.20 Å². The van der Waals surface area contributed by atoms with Crippen molar-refractivity contribution in [1.29, 1.82) is 0 Å². The summed E-state index contributed by atoms with van der Waals surface area (Å²) in [6, 6.07) is 38.8. The molecule has 6 rings (SSSR count). The van der Waals surface area contributed by atoms with Crippen LogP contribution in [0.3, 0.4) is 0 Å². The van der Waals surface area contributed by atoms with Gasteiger partial charge in [-0.1, -0.05) is 78.9 Å². The molecule has 0 aliphatic rings. The molecule has 0 N–H and O–H groups in total. The molecule has 0 saturated heterocycles. The molecule has 0 amide bonds. The third kappa shape index (κ3) is 4.52. The molecule has 0 saturated carbocycles. The minimum Gasteiger partial charge on any atom is -0.255 e. The van der Waals surface area contributed by atoms with E-state index in [4.69, 9.17) is 9.97 Å². The second kappa shape index (κ2) is 9.72. The lowest BCUT2D eigenvalue weighted by molar-refractivity contribution is 1.25. The predicted molar refractivity (Wildman–Crippen MR) is 145 cm³/mol. The highest BCUT2D eigenvalue weighted by atomic mass is 14.8. The van der Waals surface area contributed by atoms with Gasteiger partial charge in [0.25, 0.3) is 0 Å². The SMILES string of the molecule is c1ccc(-c2cccc(-c3ccc(-c4ccc(-c5ccc(-c6ccccn6)nc5)cc4)cn3)n2)cc1. The van der Waals surface area contributed by atoms with Crippen molar-refractivity contribution in [2.24, 2.45) is 0 Å². The van der Waals surface area contributed by atoms with Crippen LogP contribution < -0.4 is 0 Å². The van der Waals surface area contributed by atoms with Gasteiger partial charge in [0.05, 0.1) is 28.5 Å². The average molecular weight is 463 g/mol. The van der Waals surface area contributed by atoms with Gasteiger partial charge in [0, 0.05) is 35.3 Å². The van der Waals surface area contributed by atoms with Crippen LogP contribution in [0.1, 0.15) is 0 Å². The first-order chi connectivity index (χ1) is 17.8. The molecule has 4 heterocycles. The third-order valence-corrected chi connectivity index (χ3v) is 6.09. The van der Waals surface area contributed by atoms with Crippen molar-refractivity contribution in [3.8, 4) is 56.3 Å². The van der Waals surface area contributed by atoms with Crippen LogP contribution >= 0.6 is 0 Å². The van der Waals surface area contributed by atoms with Crippen molar-refractivity contribution in [3.63, 3.8) is 0 Å². The smallest absolute Gasteiger partial charge is 0.0893 e. The molecule has 4 aromatic heterocycles. The summed E-state index contributed by atoms with van der Waals surface area (Å²) >= 11 is 0. The molecule has 0 aliphatic carbocycles. The van der Waals surface area contributed by atoms with E-state index < -0.39 is 0 Å². The van der Waals surface area contributed by atoms with Crippen LogP contribution in [0.2, 0.25) is 0 Å². The zero-order valence-electron chi connectivity index (χ0n) is 19.5. The minimum absolute atomic E-state index is 0.854. The molecule has 0 atom stereocenters. The zero-order chi connectivity index (χ0) is 24.2. The average Bonchev–Trinajstić information content (AvgIpc) is 2.98. The Bertz CT molecular complexity index is 1580. The van der Waals surface area contributed by atoms with E-state index in [1.807, 2.05) is 79.1 Å². The van der Waals surface area contributed by atoms with Crippen molar-refractivity contribution in [3.05, 3.63) is 134 Å². The maximum Gasteiger partial charge on any atom is 0.0893 e. The van der Waals surface area contributed by atoms with E-state index in [-0.39, 0.29) is 0 Å². The van der Waals surface area contributed by atoms with Crippen molar-refractivity contribution in [2.45, 2.75) is 0 Å². The van der Waals surface area contributed by atoms with Gasteiger partial charge in [-0.2, -0.15) is 0 Å². The van der Waals surface area contributed by atoms with Crippen LogP contribution in [-0.2, 0) is 0 Å². The summed E-state index contributed by atoms with van der Waals surface area (Å²) in [6.45, 7) is 0. The highest BCUT2D eigenvalue weighted by Crippen LogP contribution is 2.27. The minimum atomic E-state index is 0.854. The quantitative estimate of drug-likeness (QED) is 0.265. The molecule has 0 bridgehead atoms. The Labute approximate surface area is 210 Å². The topological polar surface area (TPSA) is 51.6 Å². The highest BCUT2D eigenvalue weighted by Gasteiger charge is 2.07. The fourth-order valence-corrected chi connectivity index (χ4v) is 4.15. The molecule has 170 valence electrons. The lowest BCUT2D eigenvalue weighted by Gasteiger charge is -2.07. The second-order valence-electron chi connectivity index (χ2n) is 8.43. The highest BCUT2D eigenvalue weighted by molar-refractivity contribution is 5.72. The molecule has 0 aliphatic heterocycles. The number of rotatable bonds is 5. The van der Waals surface area contributed by atoms with Gasteiger partial charge in [-0.25, -0.2) is 4.98 Å². The molecule has 0 radical (unpaired) electrons. The predicted octanol–water partition coefficient (Wildman–Crippen LogP) is 7.60. The van der Waals surface area contributed by atoms with Gasteiger partial charge in [0.15, 0.2) is 0 Å². The van der Waals surface area contributed by atoms with Gasteiger partial charge >= 0.3 is 0 Å². The van der Waals surface area contributed by atoms with Gasteiger partial charge in [-0.3, -0.25) is 15.0 Å². The van der Waals surface area contributed by atoms with Crippen LogP contribution in [0, 0.1) is 0 Å². The molecule has 2 aromatic carbocycles. The monoisotopic (exact) mass is 462 g/mol. The molecule has 0 unspecified atom stereocenters. The van der Waals surface area contributed by atoms with E-state index >= 15 is 0 Å². The molecule has 36 heavy (non-hydrogen) atoms. The summed E-state index contributed by atoms with van der Waals surface area (Å²) in [5.74, 6) is 0. The molecule has 4 heteroatoms. The number of benzene rings is 2. The summed E-state index contributed by atoms with van der Waals surface area (Å²) in [7, 11) is 0. The summed E-state index contributed by atoms with van der Waals surface area (Å²) in [6.07, 6.45) is 5.58. The van der Waals surface area contributed by atoms with Gasteiger partial charge < -0.3 is 0 Å². The normalized spacial score (nSPS) is 10.8. The van der Waals surface area contributed by atoms with E-state index in [9.17, 15) is 0 Å². The number of hydrogen-bond acceptors (Lipinski definition) is 4. The van der Waals surface area contributed by atoms with Gasteiger partial charge in [0.1, 0.15) is 0 Å². The lowest BCUT2D eigenvalue weighted by Crippen LogP contribution is -1.91. The van der Waals surface area contributed by atoms with Crippen molar-refractivity contribution in [2.75, 3.05) is 0 Å². The van der Waals surface area contributed by atoms with Crippen molar-refractivity contribution < 1.29 is 0 Å². The molecule has 0 fully saturated rings. The molecule has 6 aromatic rings. The maximum absolute atomic E-state index is 4.81. The van der Waals surface area contributed by atoms with Crippen molar-refractivity contribution >= 4 is 0 Å². The summed E-state index contributed by atoms with van der Waals surface area (Å²) in [4.78, 5) is 18.5. The Balaban J connectivity index is 1.20. The van der Waals surface area contributed by atoms with Crippen LogP contribution in [0.25, 0.3) is 56.3 Å². The maximum atomic E-state index is 4.81. The number of nitrogens with zero attached hydrogens (tertiary/aromatic N) is 4. The molecular formula is C32H22N4.